The van der Waals surface area contributed by atoms with Crippen LogP contribution in [0.25, 0.3) is 6.08 Å². The van der Waals surface area contributed by atoms with Gasteiger partial charge in [0.05, 0.1) is 17.1 Å². The van der Waals surface area contributed by atoms with E-state index in [2.05, 4.69) is 28.5 Å². The number of aliphatic imine (C=N–C) groups is 1. The van der Waals surface area contributed by atoms with Crippen molar-refractivity contribution in [1.82, 2.24) is 0 Å². The summed E-state index contributed by atoms with van der Waals surface area (Å²) in [5.74, 6) is 0. The molecule has 3 nitrogen and oxygen atoms in total. The molecule has 19 heavy (non-hydrogen) atoms. The maximum Gasteiger partial charge on any atom is 0.0950 e. The zero-order valence-corrected chi connectivity index (χ0v) is 10.9. The van der Waals surface area contributed by atoms with E-state index in [1.54, 1.807) is 6.08 Å². The quantitative estimate of drug-likeness (QED) is 0.515. The zero-order valence-electron chi connectivity index (χ0n) is 10.9. The Labute approximate surface area is 113 Å². The van der Waals surface area contributed by atoms with Crippen LogP contribution in [-0.4, -0.2) is 6.72 Å². The van der Waals surface area contributed by atoms with Crippen LogP contribution in [-0.2, 0) is 0 Å². The first-order valence-corrected chi connectivity index (χ1v) is 5.95. The van der Waals surface area contributed by atoms with Gasteiger partial charge in [-0.2, -0.15) is 5.11 Å². The minimum absolute atomic E-state index is 0.737. The molecule has 0 aliphatic heterocycles. The molecule has 0 amide bonds. The van der Waals surface area contributed by atoms with Gasteiger partial charge < -0.3 is 0 Å². The van der Waals surface area contributed by atoms with Crippen molar-refractivity contribution in [2.75, 3.05) is 0 Å². The number of aryl methyl sites for hydroxylation is 1. The van der Waals surface area contributed by atoms with Crippen LogP contribution in [0, 0.1) is 6.92 Å². The first kappa shape index (κ1) is 12.9. The van der Waals surface area contributed by atoms with Gasteiger partial charge in [-0.15, -0.1) is 5.11 Å². The smallest absolute Gasteiger partial charge is 0.0950 e. The lowest BCUT2D eigenvalue weighted by molar-refractivity contribution is 1.22. The fourth-order valence-electron chi connectivity index (χ4n) is 1.70. The van der Waals surface area contributed by atoms with Crippen molar-refractivity contribution in [1.29, 1.82) is 0 Å². The predicted octanol–water partition coefficient (Wildman–Crippen LogP) is 5.39. The molecule has 0 atom stereocenters. The van der Waals surface area contributed by atoms with E-state index in [0.29, 0.717) is 0 Å². The summed E-state index contributed by atoms with van der Waals surface area (Å²) in [4.78, 5) is 3.95. The summed E-state index contributed by atoms with van der Waals surface area (Å²) >= 11 is 0. The molecular formula is C16H15N3. The van der Waals surface area contributed by atoms with E-state index >= 15 is 0 Å². The fraction of sp³-hybridized carbons (Fsp3) is 0.0625. The summed E-state index contributed by atoms with van der Waals surface area (Å²) in [6.45, 7) is 9.35. The third-order valence-electron chi connectivity index (χ3n) is 2.74. The van der Waals surface area contributed by atoms with E-state index < -0.39 is 0 Å². The maximum absolute atomic E-state index is 4.25. The van der Waals surface area contributed by atoms with Gasteiger partial charge in [-0.25, -0.2) is 0 Å². The molecule has 0 saturated heterocycles. The standard InChI is InChI=1S/C16H15N3/c1-4-14-15(17-3)6-5-7-16(14)19-18-13-10-8-12(2)9-11-13/h4-11H,1,3H2,2H3. The Morgan fingerprint density at radius 2 is 1.63 bits per heavy atom. The van der Waals surface area contributed by atoms with E-state index in [9.17, 15) is 0 Å². The monoisotopic (exact) mass is 249 g/mol. The van der Waals surface area contributed by atoms with Gasteiger partial charge in [-0.05, 0) is 37.9 Å². The zero-order chi connectivity index (χ0) is 13.7. The average Bonchev–Trinajstić information content (AvgIpc) is 2.46. The summed E-state index contributed by atoms with van der Waals surface area (Å²) in [7, 11) is 0. The first-order valence-electron chi connectivity index (χ1n) is 5.95. The van der Waals surface area contributed by atoms with Crippen molar-refractivity contribution < 1.29 is 0 Å². The third kappa shape index (κ3) is 3.01. The molecule has 0 radical (unpaired) electrons. The normalized spacial score (nSPS) is 10.6. The topological polar surface area (TPSA) is 37.1 Å². The SMILES string of the molecule is C=Cc1c(N=C)cccc1N=Nc1ccc(C)cc1. The fourth-order valence-corrected chi connectivity index (χ4v) is 1.70. The van der Waals surface area contributed by atoms with Crippen molar-refractivity contribution in [3.05, 3.63) is 60.2 Å². The second-order valence-corrected chi connectivity index (χ2v) is 4.11. The predicted molar refractivity (Wildman–Crippen MR) is 81.1 cm³/mol. The number of benzene rings is 2. The molecule has 0 unspecified atom stereocenters. The summed E-state index contributed by atoms with van der Waals surface area (Å²) in [5, 5.41) is 8.47. The van der Waals surface area contributed by atoms with Gasteiger partial charge in [-0.1, -0.05) is 36.4 Å². The lowest BCUT2D eigenvalue weighted by Crippen LogP contribution is -1.75. The Hall–Kier alpha value is -2.55. The van der Waals surface area contributed by atoms with Crippen molar-refractivity contribution in [3.63, 3.8) is 0 Å². The summed E-state index contributed by atoms with van der Waals surface area (Å²) < 4.78 is 0. The molecule has 0 N–H and O–H groups in total. The van der Waals surface area contributed by atoms with E-state index in [4.69, 9.17) is 0 Å². The molecule has 0 fully saturated rings. The van der Waals surface area contributed by atoms with Gasteiger partial charge >= 0.3 is 0 Å². The molecule has 0 heterocycles. The average molecular weight is 249 g/mol. The largest absolute Gasteiger partial charge is 0.264 e. The van der Waals surface area contributed by atoms with Crippen LogP contribution in [0.3, 0.4) is 0 Å². The molecule has 2 aromatic rings. The van der Waals surface area contributed by atoms with E-state index in [0.717, 1.165) is 22.6 Å². The summed E-state index contributed by atoms with van der Waals surface area (Å²) in [6.07, 6.45) is 1.72. The van der Waals surface area contributed by atoms with Crippen molar-refractivity contribution in [2.45, 2.75) is 6.92 Å². The van der Waals surface area contributed by atoms with Crippen LogP contribution in [0.4, 0.5) is 17.1 Å². The number of nitrogens with zero attached hydrogens (tertiary/aromatic N) is 3. The highest BCUT2D eigenvalue weighted by molar-refractivity contribution is 5.74. The third-order valence-corrected chi connectivity index (χ3v) is 2.74. The van der Waals surface area contributed by atoms with Crippen molar-refractivity contribution in [3.8, 4) is 0 Å². The van der Waals surface area contributed by atoms with E-state index in [1.807, 2.05) is 49.4 Å². The molecule has 0 saturated carbocycles. The van der Waals surface area contributed by atoms with Crippen LogP contribution in [0.15, 0.2) is 64.3 Å². The van der Waals surface area contributed by atoms with Crippen LogP contribution in [0.5, 0.6) is 0 Å². The molecule has 0 aliphatic carbocycles. The van der Waals surface area contributed by atoms with Crippen molar-refractivity contribution >= 4 is 29.9 Å². The highest BCUT2D eigenvalue weighted by Crippen LogP contribution is 2.30. The molecule has 0 spiro atoms. The van der Waals surface area contributed by atoms with Gasteiger partial charge in [0.1, 0.15) is 0 Å². The van der Waals surface area contributed by atoms with E-state index in [1.165, 1.54) is 5.56 Å². The van der Waals surface area contributed by atoms with Gasteiger partial charge in [0.2, 0.25) is 0 Å². The highest BCUT2D eigenvalue weighted by atomic mass is 15.1. The lowest BCUT2D eigenvalue weighted by atomic mass is 10.1. The number of hydrogen-bond acceptors (Lipinski definition) is 3. The van der Waals surface area contributed by atoms with Gasteiger partial charge in [-0.3, -0.25) is 4.99 Å². The van der Waals surface area contributed by atoms with E-state index in [-0.39, 0.29) is 0 Å². The number of rotatable bonds is 4. The van der Waals surface area contributed by atoms with Gasteiger partial charge in [0, 0.05) is 5.56 Å². The molecule has 0 aromatic heterocycles. The molecule has 3 heteroatoms. The Kier molecular flexibility index (Phi) is 3.98. The Morgan fingerprint density at radius 3 is 2.26 bits per heavy atom. The lowest BCUT2D eigenvalue weighted by Gasteiger charge is -2.03. The Balaban J connectivity index is 2.35. The Bertz CT molecular complexity index is 625. The van der Waals surface area contributed by atoms with Gasteiger partial charge in [0.15, 0.2) is 0 Å². The maximum atomic E-state index is 4.25. The van der Waals surface area contributed by atoms with Crippen LogP contribution in [0.2, 0.25) is 0 Å². The second kappa shape index (κ2) is 5.87. The van der Waals surface area contributed by atoms with Gasteiger partial charge in [0.25, 0.3) is 0 Å². The molecule has 94 valence electrons. The highest BCUT2D eigenvalue weighted by Gasteiger charge is 2.02. The minimum atomic E-state index is 0.737. The molecule has 2 aromatic carbocycles. The number of hydrogen-bond donors (Lipinski definition) is 0. The van der Waals surface area contributed by atoms with Crippen LogP contribution >= 0.6 is 0 Å². The van der Waals surface area contributed by atoms with Crippen LogP contribution < -0.4 is 0 Å². The van der Waals surface area contributed by atoms with Crippen LogP contribution in [0.1, 0.15) is 11.1 Å². The molecular weight excluding hydrogens is 234 g/mol. The second-order valence-electron chi connectivity index (χ2n) is 4.11. The molecule has 0 bridgehead atoms. The molecule has 0 aliphatic rings. The summed E-state index contributed by atoms with van der Waals surface area (Å²) in [6, 6.07) is 13.5. The first-order chi connectivity index (χ1) is 9.24. The molecule has 2 rings (SSSR count). The summed E-state index contributed by atoms with van der Waals surface area (Å²) in [5.41, 5.74) is 4.35. The Morgan fingerprint density at radius 1 is 0.947 bits per heavy atom. The minimum Gasteiger partial charge on any atom is -0.264 e. The van der Waals surface area contributed by atoms with Crippen molar-refractivity contribution in [2.24, 2.45) is 15.2 Å². The number of azo groups is 1.